The molecule has 1 heterocycles. The average Bonchev–Trinajstić information content (AvgIpc) is 3.03. The summed E-state index contributed by atoms with van der Waals surface area (Å²) in [5.74, 6) is 0. The van der Waals surface area contributed by atoms with E-state index in [-0.39, 0.29) is 10.8 Å². The Morgan fingerprint density at radius 3 is 1.44 bits per heavy atom. The van der Waals surface area contributed by atoms with Gasteiger partial charge in [-0.15, -0.1) is 0 Å². The van der Waals surface area contributed by atoms with Crippen molar-refractivity contribution in [2.45, 2.75) is 43.9 Å². The van der Waals surface area contributed by atoms with Gasteiger partial charge in [0.1, 0.15) is 0 Å². The van der Waals surface area contributed by atoms with E-state index in [1.807, 2.05) is 0 Å². The lowest BCUT2D eigenvalue weighted by Crippen LogP contribution is -2.49. The highest BCUT2D eigenvalue weighted by atomic mass is 15.2. The maximum absolute atomic E-state index is 2.73. The number of hydrogen-bond acceptors (Lipinski definition) is 2. The Hall–Kier alpha value is -3.20. The molecule has 4 aromatic carbocycles. The number of nitrogens with zero attached hydrogens (tertiary/aromatic N) is 2. The Morgan fingerprint density at radius 1 is 0.615 bits per heavy atom. The molecular formula is C37H44N2. The second kappa shape index (κ2) is 12.8. The van der Waals surface area contributed by atoms with Crippen LogP contribution in [0.4, 0.5) is 0 Å². The van der Waals surface area contributed by atoms with Gasteiger partial charge < -0.3 is 9.80 Å². The summed E-state index contributed by atoms with van der Waals surface area (Å²) in [5.41, 5.74) is 5.69. The van der Waals surface area contributed by atoms with Crippen LogP contribution >= 0.6 is 0 Å². The number of likely N-dealkylation sites (tertiary alicyclic amines) is 1. The van der Waals surface area contributed by atoms with Crippen LogP contribution in [-0.4, -0.2) is 49.1 Å². The Balaban J connectivity index is 1.42. The topological polar surface area (TPSA) is 6.48 Å². The maximum atomic E-state index is 2.73. The lowest BCUT2D eigenvalue weighted by molar-refractivity contribution is 0.116. The molecular weight excluding hydrogens is 472 g/mol. The summed E-state index contributed by atoms with van der Waals surface area (Å²) >= 11 is 0. The summed E-state index contributed by atoms with van der Waals surface area (Å²) < 4.78 is 0. The van der Waals surface area contributed by atoms with E-state index in [4.69, 9.17) is 0 Å². The molecule has 1 aliphatic rings. The van der Waals surface area contributed by atoms with Crippen LogP contribution in [0.2, 0.25) is 0 Å². The van der Waals surface area contributed by atoms with Crippen molar-refractivity contribution in [3.05, 3.63) is 144 Å². The van der Waals surface area contributed by atoms with E-state index in [0.29, 0.717) is 0 Å². The first-order chi connectivity index (χ1) is 19.2. The molecule has 0 N–H and O–H groups in total. The van der Waals surface area contributed by atoms with Crippen molar-refractivity contribution in [2.24, 2.45) is 0 Å². The molecule has 0 aromatic heterocycles. The zero-order chi connectivity index (χ0) is 27.0. The third kappa shape index (κ3) is 5.88. The van der Waals surface area contributed by atoms with Crippen LogP contribution in [0.5, 0.6) is 0 Å². The zero-order valence-corrected chi connectivity index (χ0v) is 23.8. The summed E-state index contributed by atoms with van der Waals surface area (Å²) in [5, 5.41) is 0. The third-order valence-corrected chi connectivity index (χ3v) is 9.22. The van der Waals surface area contributed by atoms with Gasteiger partial charge in [0.15, 0.2) is 0 Å². The summed E-state index contributed by atoms with van der Waals surface area (Å²) in [6.45, 7) is 11.3. The fraction of sp³-hybridized carbons (Fsp3) is 0.351. The molecule has 0 amide bonds. The molecule has 39 heavy (non-hydrogen) atoms. The fourth-order valence-electron chi connectivity index (χ4n) is 6.84. The zero-order valence-electron chi connectivity index (χ0n) is 23.8. The molecule has 1 fully saturated rings. The molecule has 0 unspecified atom stereocenters. The number of rotatable bonds is 11. The molecule has 2 heteroatoms. The monoisotopic (exact) mass is 516 g/mol. The first kappa shape index (κ1) is 27.4. The lowest BCUT2D eigenvalue weighted by Gasteiger charge is -2.46. The van der Waals surface area contributed by atoms with E-state index in [9.17, 15) is 0 Å². The van der Waals surface area contributed by atoms with E-state index in [2.05, 4.69) is 145 Å². The van der Waals surface area contributed by atoms with Crippen molar-refractivity contribution in [3.8, 4) is 0 Å². The maximum Gasteiger partial charge on any atom is 0.0463 e. The van der Waals surface area contributed by atoms with Gasteiger partial charge in [-0.1, -0.05) is 135 Å². The highest BCUT2D eigenvalue weighted by Gasteiger charge is 2.40. The van der Waals surface area contributed by atoms with Gasteiger partial charge in [0.25, 0.3) is 0 Å². The second-order valence-electron chi connectivity index (χ2n) is 11.2. The quantitative estimate of drug-likeness (QED) is 0.188. The Labute approximate surface area is 236 Å². The Morgan fingerprint density at radius 2 is 1.03 bits per heavy atom. The van der Waals surface area contributed by atoms with E-state index in [0.717, 1.165) is 45.7 Å². The predicted octanol–water partition coefficient (Wildman–Crippen LogP) is 7.79. The molecule has 202 valence electrons. The molecule has 0 spiro atoms. The minimum atomic E-state index is -0.182. The highest BCUT2D eigenvalue weighted by molar-refractivity contribution is 5.50. The molecule has 5 rings (SSSR count). The molecule has 0 saturated carbocycles. The van der Waals surface area contributed by atoms with Crippen molar-refractivity contribution in [2.75, 3.05) is 39.3 Å². The molecule has 1 saturated heterocycles. The van der Waals surface area contributed by atoms with Crippen molar-refractivity contribution in [3.63, 3.8) is 0 Å². The number of piperidine rings is 1. The SMILES string of the molecule is CCN(CC)CC1(c2ccccc2)CCN(CCC(c2ccccc2)(c2ccccc2)c2ccccc2)CC1. The van der Waals surface area contributed by atoms with Crippen molar-refractivity contribution in [1.82, 2.24) is 9.80 Å². The molecule has 2 nitrogen and oxygen atoms in total. The van der Waals surface area contributed by atoms with Gasteiger partial charge in [-0.05, 0) is 74.2 Å². The van der Waals surface area contributed by atoms with Crippen molar-refractivity contribution < 1.29 is 0 Å². The normalized spacial score (nSPS) is 15.9. The number of hydrogen-bond donors (Lipinski definition) is 0. The minimum absolute atomic E-state index is 0.182. The lowest BCUT2D eigenvalue weighted by atomic mass is 9.67. The summed E-state index contributed by atoms with van der Waals surface area (Å²) in [7, 11) is 0. The standard InChI is InChI=1S/C37H44N2/c1-3-38(4-2)31-36(32-17-9-5-10-18-32)25-28-39(29-26-36)30-27-37(33-19-11-6-12-20-33,34-21-13-7-14-22-34)35-23-15-8-16-24-35/h5-24H,3-4,25-31H2,1-2H3. The minimum Gasteiger partial charge on any atom is -0.303 e. The highest BCUT2D eigenvalue weighted by Crippen LogP contribution is 2.43. The van der Waals surface area contributed by atoms with Gasteiger partial charge in [0.2, 0.25) is 0 Å². The number of likely N-dealkylation sites (N-methyl/N-ethyl adjacent to an activating group) is 1. The first-order valence-corrected chi connectivity index (χ1v) is 14.9. The Kier molecular flexibility index (Phi) is 8.96. The summed E-state index contributed by atoms with van der Waals surface area (Å²) in [4.78, 5) is 5.35. The molecule has 4 aromatic rings. The van der Waals surface area contributed by atoms with Gasteiger partial charge >= 0.3 is 0 Å². The van der Waals surface area contributed by atoms with Crippen LogP contribution in [0.1, 0.15) is 55.4 Å². The van der Waals surface area contributed by atoms with Crippen LogP contribution in [0.25, 0.3) is 0 Å². The molecule has 0 atom stereocenters. The van der Waals surface area contributed by atoms with Crippen molar-refractivity contribution >= 4 is 0 Å². The smallest absolute Gasteiger partial charge is 0.0463 e. The third-order valence-electron chi connectivity index (χ3n) is 9.22. The van der Waals surface area contributed by atoms with E-state index in [1.165, 1.54) is 35.1 Å². The Bertz CT molecular complexity index is 1150. The summed E-state index contributed by atoms with van der Waals surface area (Å²) in [6, 6.07) is 44.8. The van der Waals surface area contributed by atoms with E-state index < -0.39 is 0 Å². The van der Waals surface area contributed by atoms with Crippen LogP contribution in [0, 0.1) is 0 Å². The van der Waals surface area contributed by atoms with Gasteiger partial charge in [0, 0.05) is 17.4 Å². The molecule has 0 aliphatic carbocycles. The largest absolute Gasteiger partial charge is 0.303 e. The first-order valence-electron chi connectivity index (χ1n) is 14.9. The summed E-state index contributed by atoms with van der Waals surface area (Å²) in [6.07, 6.45) is 3.48. The predicted molar refractivity (Wildman–Crippen MR) is 165 cm³/mol. The molecule has 0 radical (unpaired) electrons. The van der Waals surface area contributed by atoms with Crippen LogP contribution in [-0.2, 0) is 10.8 Å². The fourth-order valence-corrected chi connectivity index (χ4v) is 6.84. The second-order valence-corrected chi connectivity index (χ2v) is 11.2. The van der Waals surface area contributed by atoms with Gasteiger partial charge in [-0.2, -0.15) is 0 Å². The van der Waals surface area contributed by atoms with E-state index >= 15 is 0 Å². The van der Waals surface area contributed by atoms with Crippen LogP contribution in [0.3, 0.4) is 0 Å². The van der Waals surface area contributed by atoms with Crippen molar-refractivity contribution in [1.29, 1.82) is 0 Å². The van der Waals surface area contributed by atoms with Crippen LogP contribution in [0.15, 0.2) is 121 Å². The number of benzene rings is 4. The van der Waals surface area contributed by atoms with Gasteiger partial charge in [-0.3, -0.25) is 0 Å². The van der Waals surface area contributed by atoms with Crippen LogP contribution < -0.4 is 0 Å². The van der Waals surface area contributed by atoms with Gasteiger partial charge in [0.05, 0.1) is 0 Å². The average molecular weight is 517 g/mol. The van der Waals surface area contributed by atoms with Gasteiger partial charge in [-0.25, -0.2) is 0 Å². The van der Waals surface area contributed by atoms with E-state index in [1.54, 1.807) is 0 Å². The molecule has 0 bridgehead atoms. The molecule has 1 aliphatic heterocycles.